The van der Waals surface area contributed by atoms with Crippen molar-refractivity contribution in [1.29, 1.82) is 0 Å². The van der Waals surface area contributed by atoms with Crippen LogP contribution in [0.1, 0.15) is 10.4 Å². The molecule has 0 spiro atoms. The molecule has 0 fully saturated rings. The van der Waals surface area contributed by atoms with Crippen LogP contribution >= 0.6 is 11.6 Å². The van der Waals surface area contributed by atoms with Crippen molar-refractivity contribution in [2.24, 2.45) is 0 Å². The van der Waals surface area contributed by atoms with Crippen LogP contribution in [-0.2, 0) is 9.59 Å². The number of rotatable bonds is 6. The third kappa shape index (κ3) is 6.52. The maximum absolute atomic E-state index is 11.8. The second kappa shape index (κ2) is 9.29. The van der Waals surface area contributed by atoms with Crippen LogP contribution in [0.2, 0.25) is 5.02 Å². The molecule has 2 rings (SSSR count). The summed E-state index contributed by atoms with van der Waals surface area (Å²) in [4.78, 5) is 35.0. The zero-order chi connectivity index (χ0) is 18.1. The van der Waals surface area contributed by atoms with E-state index in [1.165, 1.54) is 6.07 Å². The van der Waals surface area contributed by atoms with E-state index in [1.807, 2.05) is 6.07 Å². The van der Waals surface area contributed by atoms with Crippen molar-refractivity contribution in [1.82, 2.24) is 16.2 Å². The molecule has 0 atom stereocenters. The monoisotopic (exact) mass is 361 g/mol. The van der Waals surface area contributed by atoms with E-state index in [4.69, 9.17) is 16.3 Å². The van der Waals surface area contributed by atoms with Gasteiger partial charge in [0.1, 0.15) is 5.75 Å². The van der Waals surface area contributed by atoms with Crippen molar-refractivity contribution >= 4 is 29.3 Å². The third-order valence-electron chi connectivity index (χ3n) is 2.96. The van der Waals surface area contributed by atoms with E-state index < -0.39 is 17.7 Å². The fourth-order valence-electron chi connectivity index (χ4n) is 1.77. The average Bonchev–Trinajstić information content (AvgIpc) is 2.63. The third-order valence-corrected chi connectivity index (χ3v) is 3.20. The molecule has 0 saturated carbocycles. The second-order valence-corrected chi connectivity index (χ2v) is 5.33. The summed E-state index contributed by atoms with van der Waals surface area (Å²) in [5.41, 5.74) is 4.72. The van der Waals surface area contributed by atoms with E-state index in [2.05, 4.69) is 16.2 Å². The first-order chi connectivity index (χ1) is 12.0. The van der Waals surface area contributed by atoms with E-state index in [0.29, 0.717) is 16.3 Å². The highest BCUT2D eigenvalue weighted by molar-refractivity contribution is 6.30. The van der Waals surface area contributed by atoms with Crippen LogP contribution in [0.5, 0.6) is 5.75 Å². The van der Waals surface area contributed by atoms with Gasteiger partial charge in [-0.05, 0) is 30.3 Å². The number of hydrogen-bond donors (Lipinski definition) is 3. The molecule has 130 valence electrons. The molecule has 0 heterocycles. The molecule has 25 heavy (non-hydrogen) atoms. The number of halogens is 1. The predicted molar refractivity (Wildman–Crippen MR) is 92.0 cm³/mol. The van der Waals surface area contributed by atoms with Crippen molar-refractivity contribution in [3.8, 4) is 5.75 Å². The second-order valence-electron chi connectivity index (χ2n) is 4.89. The van der Waals surface area contributed by atoms with Gasteiger partial charge in [0.25, 0.3) is 17.7 Å². The van der Waals surface area contributed by atoms with Gasteiger partial charge < -0.3 is 10.1 Å². The topological polar surface area (TPSA) is 96.5 Å². The van der Waals surface area contributed by atoms with Crippen molar-refractivity contribution < 1.29 is 19.1 Å². The van der Waals surface area contributed by atoms with Gasteiger partial charge in [-0.3, -0.25) is 25.2 Å². The minimum atomic E-state index is -0.580. The van der Waals surface area contributed by atoms with Crippen molar-refractivity contribution in [3.63, 3.8) is 0 Å². The average molecular weight is 362 g/mol. The molecule has 3 N–H and O–H groups in total. The molecule has 0 radical (unpaired) electrons. The molecule has 8 heteroatoms. The SMILES string of the molecule is O=C(COc1ccccc1)NCC(=O)NNC(=O)c1cccc(Cl)c1. The number of hydrazine groups is 1. The van der Waals surface area contributed by atoms with Crippen LogP contribution < -0.4 is 20.9 Å². The highest BCUT2D eigenvalue weighted by Gasteiger charge is 2.09. The highest BCUT2D eigenvalue weighted by atomic mass is 35.5. The van der Waals surface area contributed by atoms with Gasteiger partial charge in [-0.15, -0.1) is 0 Å². The fourth-order valence-corrected chi connectivity index (χ4v) is 1.96. The van der Waals surface area contributed by atoms with E-state index in [-0.39, 0.29) is 13.2 Å². The summed E-state index contributed by atoms with van der Waals surface area (Å²) < 4.78 is 5.24. The van der Waals surface area contributed by atoms with E-state index in [9.17, 15) is 14.4 Å². The quantitative estimate of drug-likeness (QED) is 0.675. The molecule has 0 aromatic heterocycles. The summed E-state index contributed by atoms with van der Waals surface area (Å²) in [5.74, 6) is -1.01. The Morgan fingerprint density at radius 2 is 1.68 bits per heavy atom. The Bertz CT molecular complexity index is 753. The molecule has 0 bridgehead atoms. The summed E-state index contributed by atoms with van der Waals surface area (Å²) in [6, 6.07) is 15.1. The summed E-state index contributed by atoms with van der Waals surface area (Å²) in [6.07, 6.45) is 0. The molecule has 0 saturated heterocycles. The number of carbonyl (C=O) groups excluding carboxylic acids is 3. The van der Waals surface area contributed by atoms with Crippen LogP contribution in [0.25, 0.3) is 0 Å². The molecule has 2 aromatic carbocycles. The maximum atomic E-state index is 11.8. The zero-order valence-electron chi connectivity index (χ0n) is 13.1. The number of carbonyl (C=O) groups is 3. The smallest absolute Gasteiger partial charge is 0.269 e. The first kappa shape index (κ1) is 18.3. The van der Waals surface area contributed by atoms with Crippen LogP contribution in [0.3, 0.4) is 0 Å². The van der Waals surface area contributed by atoms with Gasteiger partial charge in [0.05, 0.1) is 6.54 Å². The molecular formula is C17H16ClN3O4. The number of amides is 3. The lowest BCUT2D eigenvalue weighted by molar-refractivity contribution is -0.127. The summed E-state index contributed by atoms with van der Waals surface area (Å²) in [7, 11) is 0. The molecule has 2 aromatic rings. The Hall–Kier alpha value is -3.06. The Kier molecular flexibility index (Phi) is 6.79. The fraction of sp³-hybridized carbons (Fsp3) is 0.118. The molecule has 0 aliphatic carbocycles. The molecule has 0 aliphatic heterocycles. The van der Waals surface area contributed by atoms with Gasteiger partial charge in [-0.1, -0.05) is 35.9 Å². The Labute approximate surface area is 149 Å². The van der Waals surface area contributed by atoms with Gasteiger partial charge in [-0.2, -0.15) is 0 Å². The van der Waals surface area contributed by atoms with Gasteiger partial charge in [0.2, 0.25) is 0 Å². The number of hydrogen-bond acceptors (Lipinski definition) is 4. The maximum Gasteiger partial charge on any atom is 0.269 e. The van der Waals surface area contributed by atoms with Gasteiger partial charge in [0, 0.05) is 10.6 Å². The van der Waals surface area contributed by atoms with E-state index in [1.54, 1.807) is 42.5 Å². The molecular weight excluding hydrogens is 346 g/mol. The number of para-hydroxylation sites is 1. The summed E-state index contributed by atoms with van der Waals surface area (Å²) in [5, 5.41) is 2.78. The van der Waals surface area contributed by atoms with Gasteiger partial charge >= 0.3 is 0 Å². The zero-order valence-corrected chi connectivity index (χ0v) is 13.9. The molecule has 7 nitrogen and oxygen atoms in total. The van der Waals surface area contributed by atoms with E-state index in [0.717, 1.165) is 0 Å². The minimum absolute atomic E-state index is 0.216. The Balaban J connectivity index is 1.66. The normalized spacial score (nSPS) is 9.80. The van der Waals surface area contributed by atoms with Crippen LogP contribution in [0.15, 0.2) is 54.6 Å². The van der Waals surface area contributed by atoms with Gasteiger partial charge in [0.15, 0.2) is 6.61 Å². The number of ether oxygens (including phenoxy) is 1. The summed E-state index contributed by atoms with van der Waals surface area (Å²) in [6.45, 7) is -0.515. The van der Waals surface area contributed by atoms with Crippen LogP contribution in [-0.4, -0.2) is 30.9 Å². The number of benzene rings is 2. The van der Waals surface area contributed by atoms with Crippen LogP contribution in [0.4, 0.5) is 0 Å². The van der Waals surface area contributed by atoms with E-state index >= 15 is 0 Å². The van der Waals surface area contributed by atoms with Crippen molar-refractivity contribution in [2.75, 3.05) is 13.2 Å². The van der Waals surface area contributed by atoms with Crippen LogP contribution in [0, 0.1) is 0 Å². The minimum Gasteiger partial charge on any atom is -0.484 e. The lowest BCUT2D eigenvalue weighted by atomic mass is 10.2. The molecule has 0 unspecified atom stereocenters. The first-order valence-electron chi connectivity index (χ1n) is 7.34. The molecule has 0 aliphatic rings. The predicted octanol–water partition coefficient (Wildman–Crippen LogP) is 1.30. The highest BCUT2D eigenvalue weighted by Crippen LogP contribution is 2.10. The Morgan fingerprint density at radius 1 is 0.920 bits per heavy atom. The largest absolute Gasteiger partial charge is 0.484 e. The molecule has 3 amide bonds. The number of nitrogens with one attached hydrogen (secondary N) is 3. The standard InChI is InChI=1S/C17H16ClN3O4/c18-13-6-4-5-12(9-13)17(24)21-20-15(22)10-19-16(23)11-25-14-7-2-1-3-8-14/h1-9H,10-11H2,(H,19,23)(H,20,22)(H,21,24). The Morgan fingerprint density at radius 3 is 2.40 bits per heavy atom. The van der Waals surface area contributed by atoms with Crippen molar-refractivity contribution in [3.05, 3.63) is 65.2 Å². The van der Waals surface area contributed by atoms with Gasteiger partial charge in [-0.25, -0.2) is 0 Å². The summed E-state index contributed by atoms with van der Waals surface area (Å²) >= 11 is 5.78. The lowest BCUT2D eigenvalue weighted by Crippen LogP contribution is -2.46. The van der Waals surface area contributed by atoms with Crippen molar-refractivity contribution in [2.45, 2.75) is 0 Å². The first-order valence-corrected chi connectivity index (χ1v) is 7.71. The lowest BCUT2D eigenvalue weighted by Gasteiger charge is -2.09.